The fourth-order valence-corrected chi connectivity index (χ4v) is 4.88. The second-order valence-electron chi connectivity index (χ2n) is 7.63. The molecule has 158 valence electrons. The van der Waals surface area contributed by atoms with E-state index < -0.39 is 5.97 Å². The van der Waals surface area contributed by atoms with Crippen LogP contribution in [0.2, 0.25) is 0 Å². The van der Waals surface area contributed by atoms with Crippen LogP contribution in [0.4, 0.5) is 5.69 Å². The molecule has 0 spiro atoms. The van der Waals surface area contributed by atoms with Gasteiger partial charge in [-0.2, -0.15) is 0 Å². The van der Waals surface area contributed by atoms with Crippen LogP contribution in [0.1, 0.15) is 59.1 Å². The van der Waals surface area contributed by atoms with Gasteiger partial charge in [0.05, 0.1) is 24.6 Å². The highest BCUT2D eigenvalue weighted by Crippen LogP contribution is 2.30. The standard InChI is InChI=1S/C23H30ClNO3S/c1-2-3-4-5-6-17-7-9-18(10-8-17)25-14-13-20(24)21(25)16-28-15-19-11-12-22(29-19)23(26)27/h7-12,20-21H,2-6,13-16H2,1H3,(H,26,27)/t20-,21+/m1/s1. The number of rotatable bonds is 11. The first-order valence-corrected chi connectivity index (χ1v) is 11.7. The molecule has 4 nitrogen and oxygen atoms in total. The first-order valence-electron chi connectivity index (χ1n) is 10.5. The number of aromatic carboxylic acids is 1. The van der Waals surface area contributed by atoms with Crippen molar-refractivity contribution in [3.05, 3.63) is 51.7 Å². The predicted octanol–water partition coefficient (Wildman–Crippen LogP) is 5.97. The normalized spacial score (nSPS) is 19.0. The minimum atomic E-state index is -0.891. The smallest absolute Gasteiger partial charge is 0.345 e. The largest absolute Gasteiger partial charge is 0.477 e. The lowest BCUT2D eigenvalue weighted by Gasteiger charge is -2.28. The zero-order chi connectivity index (χ0) is 20.6. The van der Waals surface area contributed by atoms with Crippen molar-refractivity contribution in [1.82, 2.24) is 0 Å². The quantitative estimate of drug-likeness (QED) is 0.349. The van der Waals surface area contributed by atoms with Gasteiger partial charge in [-0.05, 0) is 49.1 Å². The number of carboxylic acid groups (broad SMARTS) is 1. The van der Waals surface area contributed by atoms with Gasteiger partial charge in [-0.3, -0.25) is 0 Å². The first-order chi connectivity index (χ1) is 14.1. The molecule has 29 heavy (non-hydrogen) atoms. The summed E-state index contributed by atoms with van der Waals surface area (Å²) < 4.78 is 5.91. The second kappa shape index (κ2) is 11.0. The van der Waals surface area contributed by atoms with E-state index in [1.54, 1.807) is 6.07 Å². The summed E-state index contributed by atoms with van der Waals surface area (Å²) in [4.78, 5) is 14.6. The Morgan fingerprint density at radius 2 is 2.00 bits per heavy atom. The number of aryl methyl sites for hydroxylation is 1. The van der Waals surface area contributed by atoms with Gasteiger partial charge >= 0.3 is 5.97 Å². The Morgan fingerprint density at radius 1 is 1.21 bits per heavy atom. The molecule has 0 saturated carbocycles. The summed E-state index contributed by atoms with van der Waals surface area (Å²) in [7, 11) is 0. The van der Waals surface area contributed by atoms with Crippen molar-refractivity contribution >= 4 is 34.6 Å². The van der Waals surface area contributed by atoms with Gasteiger partial charge in [0.25, 0.3) is 0 Å². The number of thiophene rings is 1. The maximum Gasteiger partial charge on any atom is 0.345 e. The summed E-state index contributed by atoms with van der Waals surface area (Å²) in [6, 6.07) is 12.5. The van der Waals surface area contributed by atoms with Crippen LogP contribution >= 0.6 is 22.9 Å². The molecule has 1 N–H and O–H groups in total. The third-order valence-electron chi connectivity index (χ3n) is 5.46. The summed E-state index contributed by atoms with van der Waals surface area (Å²) >= 11 is 7.84. The fraction of sp³-hybridized carbons (Fsp3) is 0.522. The van der Waals surface area contributed by atoms with Crippen LogP contribution in [-0.4, -0.2) is 35.6 Å². The highest BCUT2D eigenvalue weighted by molar-refractivity contribution is 7.13. The lowest BCUT2D eigenvalue weighted by atomic mass is 10.1. The van der Waals surface area contributed by atoms with E-state index in [0.717, 1.165) is 24.3 Å². The molecule has 3 rings (SSSR count). The van der Waals surface area contributed by atoms with E-state index in [1.165, 1.54) is 48.3 Å². The number of hydrogen-bond acceptors (Lipinski definition) is 4. The molecule has 1 aliphatic rings. The first kappa shape index (κ1) is 22.1. The number of ether oxygens (including phenoxy) is 1. The van der Waals surface area contributed by atoms with Crippen molar-refractivity contribution in [2.75, 3.05) is 18.1 Å². The average molecular weight is 436 g/mol. The number of benzene rings is 1. The van der Waals surface area contributed by atoms with Gasteiger partial charge in [-0.15, -0.1) is 22.9 Å². The number of unbranched alkanes of at least 4 members (excludes halogenated alkanes) is 3. The summed E-state index contributed by atoms with van der Waals surface area (Å²) in [5, 5.41) is 9.09. The van der Waals surface area contributed by atoms with Gasteiger partial charge in [-0.1, -0.05) is 38.3 Å². The summed E-state index contributed by atoms with van der Waals surface area (Å²) in [6.45, 7) is 4.12. The zero-order valence-corrected chi connectivity index (χ0v) is 18.6. The molecule has 1 fully saturated rings. The number of alkyl halides is 1. The molecular formula is C23H30ClNO3S. The molecule has 1 aromatic heterocycles. The number of carbonyl (C=O) groups is 1. The number of hydrogen-bond donors (Lipinski definition) is 1. The Balaban J connectivity index is 1.52. The average Bonchev–Trinajstić information content (AvgIpc) is 3.33. The molecule has 2 atom stereocenters. The summed E-state index contributed by atoms with van der Waals surface area (Å²) in [5.41, 5.74) is 2.59. The van der Waals surface area contributed by atoms with Crippen molar-refractivity contribution in [1.29, 1.82) is 0 Å². The molecule has 0 amide bonds. The SMILES string of the molecule is CCCCCCc1ccc(N2CC[C@@H](Cl)[C@@H]2COCc2ccc(C(=O)O)s2)cc1. The molecule has 2 aromatic rings. The van der Waals surface area contributed by atoms with Crippen LogP contribution in [0.15, 0.2) is 36.4 Å². The predicted molar refractivity (Wildman–Crippen MR) is 121 cm³/mol. The number of nitrogens with zero attached hydrogens (tertiary/aromatic N) is 1. The molecular weight excluding hydrogens is 406 g/mol. The Morgan fingerprint density at radius 3 is 2.69 bits per heavy atom. The second-order valence-corrected chi connectivity index (χ2v) is 9.36. The van der Waals surface area contributed by atoms with E-state index in [2.05, 4.69) is 36.1 Å². The summed E-state index contributed by atoms with van der Waals surface area (Å²) in [5.74, 6) is -0.891. The van der Waals surface area contributed by atoms with Crippen LogP contribution < -0.4 is 4.90 Å². The van der Waals surface area contributed by atoms with Gasteiger partial charge in [0.1, 0.15) is 4.88 Å². The third-order valence-corrected chi connectivity index (χ3v) is 7.01. The molecule has 6 heteroatoms. The maximum atomic E-state index is 11.0. The highest BCUT2D eigenvalue weighted by Gasteiger charge is 2.33. The topological polar surface area (TPSA) is 49.8 Å². The van der Waals surface area contributed by atoms with Gasteiger partial charge in [0.2, 0.25) is 0 Å². The van der Waals surface area contributed by atoms with E-state index in [4.69, 9.17) is 21.4 Å². The van der Waals surface area contributed by atoms with Gasteiger partial charge < -0.3 is 14.7 Å². The third kappa shape index (κ3) is 6.21. The Bertz CT molecular complexity index is 777. The van der Waals surface area contributed by atoms with E-state index in [-0.39, 0.29) is 11.4 Å². The molecule has 0 bridgehead atoms. The van der Waals surface area contributed by atoms with E-state index in [0.29, 0.717) is 18.1 Å². The van der Waals surface area contributed by atoms with Gasteiger partial charge in [0, 0.05) is 17.1 Å². The fourth-order valence-electron chi connectivity index (χ4n) is 3.79. The number of halogens is 1. The van der Waals surface area contributed by atoms with Crippen LogP contribution in [0.25, 0.3) is 0 Å². The Hall–Kier alpha value is -1.56. The molecule has 1 aromatic carbocycles. The molecule has 1 aliphatic heterocycles. The summed E-state index contributed by atoms with van der Waals surface area (Å²) in [6.07, 6.45) is 7.22. The lowest BCUT2D eigenvalue weighted by molar-refractivity contribution is 0.0702. The van der Waals surface area contributed by atoms with Crippen LogP contribution in [0.3, 0.4) is 0 Å². The number of anilines is 1. The van der Waals surface area contributed by atoms with Crippen molar-refractivity contribution in [3.63, 3.8) is 0 Å². The van der Waals surface area contributed by atoms with Crippen molar-refractivity contribution in [2.24, 2.45) is 0 Å². The van der Waals surface area contributed by atoms with E-state index >= 15 is 0 Å². The number of carboxylic acids is 1. The zero-order valence-electron chi connectivity index (χ0n) is 17.0. The Kier molecular flexibility index (Phi) is 8.40. The van der Waals surface area contributed by atoms with Crippen molar-refractivity contribution in [2.45, 2.75) is 63.5 Å². The molecule has 1 saturated heterocycles. The molecule has 0 aliphatic carbocycles. The minimum absolute atomic E-state index is 0.0571. The van der Waals surface area contributed by atoms with Gasteiger partial charge in [-0.25, -0.2) is 4.79 Å². The maximum absolute atomic E-state index is 11.0. The molecule has 2 heterocycles. The lowest BCUT2D eigenvalue weighted by Crippen LogP contribution is -2.37. The Labute approximate surface area is 182 Å². The van der Waals surface area contributed by atoms with E-state index in [1.807, 2.05) is 6.07 Å². The van der Waals surface area contributed by atoms with Gasteiger partial charge in [0.15, 0.2) is 0 Å². The minimum Gasteiger partial charge on any atom is -0.477 e. The van der Waals surface area contributed by atoms with Crippen LogP contribution in [-0.2, 0) is 17.8 Å². The van der Waals surface area contributed by atoms with Crippen LogP contribution in [0.5, 0.6) is 0 Å². The van der Waals surface area contributed by atoms with Crippen LogP contribution in [0, 0.1) is 0 Å². The van der Waals surface area contributed by atoms with Crippen molar-refractivity contribution in [3.8, 4) is 0 Å². The van der Waals surface area contributed by atoms with E-state index in [9.17, 15) is 4.79 Å². The molecule has 0 radical (unpaired) electrons. The monoisotopic (exact) mass is 435 g/mol. The molecule has 0 unspecified atom stereocenters. The highest BCUT2D eigenvalue weighted by atomic mass is 35.5. The van der Waals surface area contributed by atoms with Crippen molar-refractivity contribution < 1.29 is 14.6 Å².